The summed E-state index contributed by atoms with van der Waals surface area (Å²) < 4.78 is 0. The van der Waals surface area contributed by atoms with Gasteiger partial charge in [0.15, 0.2) is 5.69 Å². The SMILES string of the molecule is Cc1cc(C(=O)Nc2ccc3[nH]c(C)cc3c2)n[nH]1. The Morgan fingerprint density at radius 2 is 2.00 bits per heavy atom. The van der Waals surface area contributed by atoms with Gasteiger partial charge in [-0.3, -0.25) is 9.89 Å². The third-order valence-electron chi connectivity index (χ3n) is 2.95. The highest BCUT2D eigenvalue weighted by Gasteiger charge is 2.09. The summed E-state index contributed by atoms with van der Waals surface area (Å²) in [7, 11) is 0. The van der Waals surface area contributed by atoms with Crippen LogP contribution in [0.3, 0.4) is 0 Å². The van der Waals surface area contributed by atoms with Gasteiger partial charge in [-0.2, -0.15) is 5.10 Å². The number of hydrogen-bond acceptors (Lipinski definition) is 2. The summed E-state index contributed by atoms with van der Waals surface area (Å²) in [5.74, 6) is -0.212. The molecule has 2 heterocycles. The van der Waals surface area contributed by atoms with Gasteiger partial charge in [-0.05, 0) is 44.2 Å². The Morgan fingerprint density at radius 3 is 2.74 bits per heavy atom. The fourth-order valence-corrected chi connectivity index (χ4v) is 2.08. The minimum Gasteiger partial charge on any atom is -0.359 e. The van der Waals surface area contributed by atoms with Gasteiger partial charge in [0.05, 0.1) is 0 Å². The standard InChI is InChI=1S/C14H14N4O/c1-8-5-10-7-11(3-4-12(10)15-8)16-14(19)13-6-9(2)17-18-13/h3-7,15H,1-2H3,(H,16,19)(H,17,18). The number of aromatic amines is 2. The first-order valence-corrected chi connectivity index (χ1v) is 6.04. The summed E-state index contributed by atoms with van der Waals surface area (Å²) in [6.45, 7) is 3.86. The smallest absolute Gasteiger partial charge is 0.276 e. The van der Waals surface area contributed by atoms with Crippen molar-refractivity contribution in [3.05, 3.63) is 47.4 Å². The number of rotatable bonds is 2. The zero-order valence-electron chi connectivity index (χ0n) is 10.7. The maximum atomic E-state index is 12.0. The molecule has 0 saturated carbocycles. The Hall–Kier alpha value is -2.56. The van der Waals surface area contributed by atoms with Crippen molar-refractivity contribution in [1.29, 1.82) is 0 Å². The van der Waals surface area contributed by atoms with Crippen LogP contribution in [0, 0.1) is 13.8 Å². The molecule has 0 bridgehead atoms. The monoisotopic (exact) mass is 254 g/mol. The number of H-pyrrole nitrogens is 2. The van der Waals surface area contributed by atoms with Crippen molar-refractivity contribution >= 4 is 22.5 Å². The van der Waals surface area contributed by atoms with E-state index in [1.807, 2.05) is 38.1 Å². The molecule has 1 amide bonds. The molecule has 0 spiro atoms. The summed E-state index contributed by atoms with van der Waals surface area (Å²) >= 11 is 0. The van der Waals surface area contributed by atoms with Crippen LogP contribution in [-0.4, -0.2) is 21.1 Å². The number of hydrogen-bond donors (Lipinski definition) is 3. The molecule has 0 fully saturated rings. The van der Waals surface area contributed by atoms with Crippen LogP contribution in [-0.2, 0) is 0 Å². The Bertz CT molecular complexity index is 754. The topological polar surface area (TPSA) is 73.6 Å². The number of aryl methyl sites for hydroxylation is 2. The van der Waals surface area contributed by atoms with Crippen LogP contribution in [0.2, 0.25) is 0 Å². The number of nitrogens with zero attached hydrogens (tertiary/aromatic N) is 1. The summed E-state index contributed by atoms with van der Waals surface area (Å²) in [6, 6.07) is 9.53. The molecule has 0 aliphatic rings. The van der Waals surface area contributed by atoms with Crippen LogP contribution < -0.4 is 5.32 Å². The van der Waals surface area contributed by atoms with E-state index in [-0.39, 0.29) is 5.91 Å². The van der Waals surface area contributed by atoms with Crippen LogP contribution in [0.25, 0.3) is 10.9 Å². The van der Waals surface area contributed by atoms with E-state index in [9.17, 15) is 4.79 Å². The molecule has 0 aliphatic heterocycles. The first-order chi connectivity index (χ1) is 9.11. The van der Waals surface area contributed by atoms with E-state index < -0.39 is 0 Å². The van der Waals surface area contributed by atoms with Gasteiger partial charge in [-0.15, -0.1) is 0 Å². The van der Waals surface area contributed by atoms with Crippen molar-refractivity contribution in [2.24, 2.45) is 0 Å². The normalized spacial score (nSPS) is 10.8. The van der Waals surface area contributed by atoms with E-state index in [1.165, 1.54) is 0 Å². The predicted octanol–water partition coefficient (Wildman–Crippen LogP) is 2.76. The summed E-state index contributed by atoms with van der Waals surface area (Å²) in [6.07, 6.45) is 0. The molecule has 3 rings (SSSR count). The quantitative estimate of drug-likeness (QED) is 0.658. The lowest BCUT2D eigenvalue weighted by atomic mass is 10.2. The first kappa shape index (κ1) is 11.5. The molecule has 1 aromatic carbocycles. The Labute approximate surface area is 110 Å². The molecule has 0 aliphatic carbocycles. The van der Waals surface area contributed by atoms with E-state index in [4.69, 9.17) is 0 Å². The second-order valence-corrected chi connectivity index (χ2v) is 4.64. The number of carbonyl (C=O) groups excluding carboxylic acids is 1. The predicted molar refractivity (Wildman–Crippen MR) is 74.3 cm³/mol. The van der Waals surface area contributed by atoms with Crippen molar-refractivity contribution in [2.45, 2.75) is 13.8 Å². The highest BCUT2D eigenvalue weighted by Crippen LogP contribution is 2.20. The number of anilines is 1. The number of aromatic nitrogens is 3. The van der Waals surface area contributed by atoms with Gasteiger partial charge in [0, 0.05) is 28.0 Å². The van der Waals surface area contributed by atoms with E-state index >= 15 is 0 Å². The minimum atomic E-state index is -0.212. The fourth-order valence-electron chi connectivity index (χ4n) is 2.08. The highest BCUT2D eigenvalue weighted by molar-refractivity contribution is 6.03. The highest BCUT2D eigenvalue weighted by atomic mass is 16.1. The lowest BCUT2D eigenvalue weighted by Crippen LogP contribution is -2.12. The van der Waals surface area contributed by atoms with Crippen LogP contribution in [0.1, 0.15) is 21.9 Å². The number of amides is 1. The van der Waals surface area contributed by atoms with E-state index in [2.05, 4.69) is 20.5 Å². The maximum Gasteiger partial charge on any atom is 0.276 e. The van der Waals surface area contributed by atoms with E-state index in [0.717, 1.165) is 28.0 Å². The average Bonchev–Trinajstić information content (AvgIpc) is 2.93. The number of nitrogens with one attached hydrogen (secondary N) is 3. The van der Waals surface area contributed by atoms with E-state index in [1.54, 1.807) is 6.07 Å². The molecule has 2 aromatic heterocycles. The molecule has 0 radical (unpaired) electrons. The summed E-state index contributed by atoms with van der Waals surface area (Å²) in [4.78, 5) is 15.2. The lowest BCUT2D eigenvalue weighted by molar-refractivity contribution is 0.102. The van der Waals surface area contributed by atoms with Gasteiger partial charge in [-0.25, -0.2) is 0 Å². The van der Waals surface area contributed by atoms with Gasteiger partial charge in [0.2, 0.25) is 0 Å². The van der Waals surface area contributed by atoms with Crippen molar-refractivity contribution in [3.63, 3.8) is 0 Å². The minimum absolute atomic E-state index is 0.212. The Morgan fingerprint density at radius 1 is 1.16 bits per heavy atom. The lowest BCUT2D eigenvalue weighted by Gasteiger charge is -2.02. The Kier molecular flexibility index (Phi) is 2.59. The van der Waals surface area contributed by atoms with Crippen molar-refractivity contribution in [1.82, 2.24) is 15.2 Å². The summed E-state index contributed by atoms with van der Waals surface area (Å²) in [5, 5.41) is 10.6. The molecule has 5 nitrogen and oxygen atoms in total. The third kappa shape index (κ3) is 2.22. The molecule has 5 heteroatoms. The average molecular weight is 254 g/mol. The van der Waals surface area contributed by atoms with Gasteiger partial charge >= 0.3 is 0 Å². The van der Waals surface area contributed by atoms with E-state index in [0.29, 0.717) is 5.69 Å². The first-order valence-electron chi connectivity index (χ1n) is 6.04. The van der Waals surface area contributed by atoms with Crippen LogP contribution >= 0.6 is 0 Å². The molecule has 3 N–H and O–H groups in total. The molecule has 96 valence electrons. The molecule has 19 heavy (non-hydrogen) atoms. The van der Waals surface area contributed by atoms with Gasteiger partial charge in [0.1, 0.15) is 0 Å². The molecule has 0 unspecified atom stereocenters. The largest absolute Gasteiger partial charge is 0.359 e. The number of carbonyl (C=O) groups is 1. The number of benzene rings is 1. The van der Waals surface area contributed by atoms with Crippen molar-refractivity contribution in [3.8, 4) is 0 Å². The molecule has 0 saturated heterocycles. The van der Waals surface area contributed by atoms with Gasteiger partial charge in [-0.1, -0.05) is 0 Å². The molecular weight excluding hydrogens is 240 g/mol. The molecular formula is C14H14N4O. The van der Waals surface area contributed by atoms with Crippen LogP contribution in [0.15, 0.2) is 30.3 Å². The van der Waals surface area contributed by atoms with Crippen LogP contribution in [0.5, 0.6) is 0 Å². The number of fused-ring (bicyclic) bond motifs is 1. The van der Waals surface area contributed by atoms with Gasteiger partial charge < -0.3 is 10.3 Å². The van der Waals surface area contributed by atoms with Crippen molar-refractivity contribution in [2.75, 3.05) is 5.32 Å². The maximum absolute atomic E-state index is 12.0. The fraction of sp³-hybridized carbons (Fsp3) is 0.143. The molecule has 0 atom stereocenters. The van der Waals surface area contributed by atoms with Crippen molar-refractivity contribution < 1.29 is 4.79 Å². The second kappa shape index (κ2) is 4.28. The zero-order valence-corrected chi connectivity index (χ0v) is 10.7. The third-order valence-corrected chi connectivity index (χ3v) is 2.95. The van der Waals surface area contributed by atoms with Gasteiger partial charge in [0.25, 0.3) is 5.91 Å². The van der Waals surface area contributed by atoms with Crippen LogP contribution in [0.4, 0.5) is 5.69 Å². The molecule has 3 aromatic rings. The second-order valence-electron chi connectivity index (χ2n) is 4.64. The zero-order chi connectivity index (χ0) is 13.4. The summed E-state index contributed by atoms with van der Waals surface area (Å²) in [5.41, 5.74) is 4.18. The Balaban J connectivity index is 1.86.